The normalized spacial score (nSPS) is 20.8. The minimum absolute atomic E-state index is 0.142. The number of methoxy groups -OCH3 is 1. The third-order valence-corrected chi connectivity index (χ3v) is 6.75. The van der Waals surface area contributed by atoms with Crippen LogP contribution < -0.4 is 15.4 Å². The fourth-order valence-corrected chi connectivity index (χ4v) is 4.48. The molecule has 3 amide bonds. The van der Waals surface area contributed by atoms with E-state index >= 15 is 0 Å². The van der Waals surface area contributed by atoms with Crippen LogP contribution in [0.3, 0.4) is 0 Å². The summed E-state index contributed by atoms with van der Waals surface area (Å²) in [7, 11) is 3.21. The Kier molecular flexibility index (Phi) is 6.40. The van der Waals surface area contributed by atoms with E-state index in [9.17, 15) is 14.4 Å². The number of nitrogens with zero attached hydrogens (tertiary/aromatic N) is 3. The van der Waals surface area contributed by atoms with Gasteiger partial charge in [0.05, 0.1) is 13.7 Å². The van der Waals surface area contributed by atoms with E-state index in [0.29, 0.717) is 18.0 Å². The van der Waals surface area contributed by atoms with Crippen molar-refractivity contribution >= 4 is 17.7 Å². The molecule has 4 rings (SSSR count). The van der Waals surface area contributed by atoms with Crippen LogP contribution in [0, 0.1) is 0 Å². The zero-order valence-corrected chi connectivity index (χ0v) is 19.4. The molecule has 1 aromatic heterocycles. The maximum absolute atomic E-state index is 13.2. The van der Waals surface area contributed by atoms with E-state index < -0.39 is 5.54 Å². The molecule has 1 saturated carbocycles. The Morgan fingerprint density at radius 2 is 1.97 bits per heavy atom. The highest BCUT2D eigenvalue weighted by molar-refractivity contribution is 6.01. The summed E-state index contributed by atoms with van der Waals surface area (Å²) in [6, 6.07) is 9.03. The SMILES string of the molecule is COc1cccc(CNC(=O)c2cc3n(n2)C[C@](C)(C(=O)NC2CCCCC2)N(C)C3=O)c1. The van der Waals surface area contributed by atoms with Crippen molar-refractivity contribution in [1.82, 2.24) is 25.3 Å². The minimum atomic E-state index is -1.08. The summed E-state index contributed by atoms with van der Waals surface area (Å²) in [6.07, 6.45) is 5.33. The summed E-state index contributed by atoms with van der Waals surface area (Å²) in [6.45, 7) is 2.23. The van der Waals surface area contributed by atoms with E-state index in [1.807, 2.05) is 24.3 Å². The van der Waals surface area contributed by atoms with Crippen molar-refractivity contribution in [2.75, 3.05) is 14.2 Å². The lowest BCUT2D eigenvalue weighted by Crippen LogP contribution is -2.63. The first kappa shape index (κ1) is 22.8. The molecular formula is C24H31N5O4. The summed E-state index contributed by atoms with van der Waals surface area (Å²) < 4.78 is 6.68. The third kappa shape index (κ3) is 4.58. The zero-order chi connectivity index (χ0) is 23.6. The largest absolute Gasteiger partial charge is 0.497 e. The van der Waals surface area contributed by atoms with Gasteiger partial charge in [-0.25, -0.2) is 0 Å². The fourth-order valence-electron chi connectivity index (χ4n) is 4.48. The van der Waals surface area contributed by atoms with Crippen molar-refractivity contribution in [3.63, 3.8) is 0 Å². The lowest BCUT2D eigenvalue weighted by atomic mass is 9.92. The Morgan fingerprint density at radius 3 is 2.70 bits per heavy atom. The summed E-state index contributed by atoms with van der Waals surface area (Å²) in [5.74, 6) is -0.195. The number of benzene rings is 1. The van der Waals surface area contributed by atoms with Crippen LogP contribution in [0.2, 0.25) is 0 Å². The summed E-state index contributed by atoms with van der Waals surface area (Å²) in [4.78, 5) is 40.4. The van der Waals surface area contributed by atoms with Gasteiger partial charge in [0.25, 0.3) is 11.8 Å². The van der Waals surface area contributed by atoms with Crippen molar-refractivity contribution < 1.29 is 19.1 Å². The van der Waals surface area contributed by atoms with E-state index in [1.54, 1.807) is 21.1 Å². The lowest BCUT2D eigenvalue weighted by Gasteiger charge is -2.41. The molecule has 0 radical (unpaired) electrons. The monoisotopic (exact) mass is 453 g/mol. The quantitative estimate of drug-likeness (QED) is 0.697. The molecule has 2 N–H and O–H groups in total. The smallest absolute Gasteiger partial charge is 0.272 e. The number of carbonyl (C=O) groups excluding carboxylic acids is 3. The Labute approximate surface area is 193 Å². The van der Waals surface area contributed by atoms with E-state index in [1.165, 1.54) is 22.1 Å². The molecule has 1 aliphatic heterocycles. The Hall–Kier alpha value is -3.36. The number of hydrogen-bond acceptors (Lipinski definition) is 5. The molecule has 176 valence electrons. The van der Waals surface area contributed by atoms with Gasteiger partial charge in [-0.2, -0.15) is 5.10 Å². The van der Waals surface area contributed by atoms with Crippen LogP contribution in [0.15, 0.2) is 30.3 Å². The molecule has 9 nitrogen and oxygen atoms in total. The van der Waals surface area contributed by atoms with Crippen LogP contribution in [0.5, 0.6) is 5.75 Å². The number of rotatable bonds is 6. The number of fused-ring (bicyclic) bond motifs is 1. The van der Waals surface area contributed by atoms with Crippen molar-refractivity contribution in [2.45, 2.75) is 63.7 Å². The molecule has 0 spiro atoms. The zero-order valence-electron chi connectivity index (χ0n) is 19.4. The molecular weight excluding hydrogens is 422 g/mol. The molecule has 2 aliphatic rings. The van der Waals surface area contributed by atoms with Crippen LogP contribution >= 0.6 is 0 Å². The Morgan fingerprint density at radius 1 is 1.21 bits per heavy atom. The number of aromatic nitrogens is 2. The summed E-state index contributed by atoms with van der Waals surface area (Å²) >= 11 is 0. The molecule has 2 heterocycles. The topological polar surface area (TPSA) is 106 Å². The van der Waals surface area contributed by atoms with E-state index in [0.717, 1.165) is 31.2 Å². The molecule has 33 heavy (non-hydrogen) atoms. The molecule has 1 fully saturated rings. The number of amides is 3. The molecule has 2 aromatic rings. The fraction of sp³-hybridized carbons (Fsp3) is 0.500. The second-order valence-corrected chi connectivity index (χ2v) is 9.05. The van der Waals surface area contributed by atoms with E-state index in [-0.39, 0.29) is 36.0 Å². The molecule has 0 bridgehead atoms. The van der Waals surface area contributed by atoms with Crippen LogP contribution in [-0.4, -0.2) is 58.1 Å². The lowest BCUT2D eigenvalue weighted by molar-refractivity contribution is -0.133. The Bertz CT molecular complexity index is 1060. The van der Waals surface area contributed by atoms with Crippen LogP contribution in [0.25, 0.3) is 0 Å². The molecule has 1 aromatic carbocycles. The summed E-state index contributed by atoms with van der Waals surface area (Å²) in [5.41, 5.74) is 0.245. The van der Waals surface area contributed by atoms with Crippen LogP contribution in [0.1, 0.15) is 65.6 Å². The average molecular weight is 454 g/mol. The van der Waals surface area contributed by atoms with Gasteiger partial charge in [0.2, 0.25) is 5.91 Å². The Balaban J connectivity index is 1.47. The van der Waals surface area contributed by atoms with E-state index in [2.05, 4.69) is 15.7 Å². The third-order valence-electron chi connectivity index (χ3n) is 6.75. The highest BCUT2D eigenvalue weighted by Crippen LogP contribution is 2.27. The number of nitrogens with one attached hydrogen (secondary N) is 2. The van der Waals surface area contributed by atoms with Gasteiger partial charge < -0.3 is 20.3 Å². The standard InChI is InChI=1S/C24H31N5O4/c1-24(23(32)26-17-9-5-4-6-10-17)15-29-20(22(31)28(24)2)13-19(27-29)21(30)25-14-16-8-7-11-18(12-16)33-3/h7-8,11-13,17H,4-6,9-10,14-15H2,1-3H3,(H,25,30)(H,26,32)/t24-/m1/s1. The van der Waals surface area contributed by atoms with Crippen LogP contribution in [-0.2, 0) is 17.9 Å². The predicted molar refractivity (Wildman–Crippen MR) is 122 cm³/mol. The van der Waals surface area contributed by atoms with Gasteiger partial charge >= 0.3 is 0 Å². The number of likely N-dealkylation sites (N-methyl/N-ethyl adjacent to an activating group) is 1. The van der Waals surface area contributed by atoms with Crippen molar-refractivity contribution in [1.29, 1.82) is 0 Å². The van der Waals surface area contributed by atoms with Crippen molar-refractivity contribution in [2.24, 2.45) is 0 Å². The molecule has 1 aliphatic carbocycles. The van der Waals surface area contributed by atoms with Gasteiger partial charge in [0.1, 0.15) is 17.0 Å². The van der Waals surface area contributed by atoms with Gasteiger partial charge in [0.15, 0.2) is 5.69 Å². The number of carbonyl (C=O) groups is 3. The second-order valence-electron chi connectivity index (χ2n) is 9.05. The first-order chi connectivity index (χ1) is 15.8. The molecule has 0 unspecified atom stereocenters. The first-order valence-electron chi connectivity index (χ1n) is 11.4. The van der Waals surface area contributed by atoms with Gasteiger partial charge in [0, 0.05) is 25.7 Å². The van der Waals surface area contributed by atoms with Gasteiger partial charge in [-0.3, -0.25) is 19.1 Å². The highest BCUT2D eigenvalue weighted by Gasteiger charge is 2.46. The average Bonchev–Trinajstić information content (AvgIpc) is 3.25. The minimum Gasteiger partial charge on any atom is -0.497 e. The second kappa shape index (κ2) is 9.25. The maximum atomic E-state index is 13.2. The highest BCUT2D eigenvalue weighted by atomic mass is 16.5. The number of ether oxygens (including phenoxy) is 1. The molecule has 1 atom stereocenters. The van der Waals surface area contributed by atoms with E-state index in [4.69, 9.17) is 4.74 Å². The van der Waals surface area contributed by atoms with Crippen molar-refractivity contribution in [3.8, 4) is 5.75 Å². The van der Waals surface area contributed by atoms with Crippen molar-refractivity contribution in [3.05, 3.63) is 47.3 Å². The molecule has 9 heteroatoms. The van der Waals surface area contributed by atoms with Gasteiger partial charge in [-0.15, -0.1) is 0 Å². The maximum Gasteiger partial charge on any atom is 0.272 e. The van der Waals surface area contributed by atoms with Crippen LogP contribution in [0.4, 0.5) is 0 Å². The summed E-state index contributed by atoms with van der Waals surface area (Å²) in [5, 5.41) is 10.3. The number of hydrogen-bond donors (Lipinski definition) is 2. The van der Waals surface area contributed by atoms with Gasteiger partial charge in [-0.1, -0.05) is 31.4 Å². The molecule has 0 saturated heterocycles. The first-order valence-corrected chi connectivity index (χ1v) is 11.4. The van der Waals surface area contributed by atoms with Gasteiger partial charge in [-0.05, 0) is 37.5 Å². The predicted octanol–water partition coefficient (Wildman–Crippen LogP) is 2.11.